The van der Waals surface area contributed by atoms with Crippen LogP contribution in [0, 0.1) is 0 Å². The molecule has 0 aromatic carbocycles. The summed E-state index contributed by atoms with van der Waals surface area (Å²) in [7, 11) is -9.93. The zero-order valence-corrected chi connectivity index (χ0v) is 67.9. The minimum atomic E-state index is -4.97. The van der Waals surface area contributed by atoms with Crippen molar-refractivity contribution in [1.82, 2.24) is 0 Å². The lowest BCUT2D eigenvalue weighted by atomic mass is 10.0. The second-order valence-electron chi connectivity index (χ2n) is 29.2. The molecule has 0 heterocycles. The summed E-state index contributed by atoms with van der Waals surface area (Å²) in [5.74, 6) is -2.13. The number of hydrogen-bond acceptors (Lipinski definition) is 15. The van der Waals surface area contributed by atoms with Crippen LogP contribution in [0.15, 0.2) is 24.3 Å². The van der Waals surface area contributed by atoms with E-state index < -0.39 is 97.5 Å². The van der Waals surface area contributed by atoms with Crippen LogP contribution in [0.25, 0.3) is 0 Å². The maximum atomic E-state index is 13.1. The molecule has 0 rings (SSSR count). The van der Waals surface area contributed by atoms with Crippen LogP contribution in [0.1, 0.15) is 426 Å². The number of esters is 4. The van der Waals surface area contributed by atoms with E-state index in [2.05, 4.69) is 52.0 Å². The molecule has 0 amide bonds. The van der Waals surface area contributed by atoms with Crippen LogP contribution in [0.4, 0.5) is 0 Å². The van der Waals surface area contributed by atoms with Gasteiger partial charge < -0.3 is 33.8 Å². The molecule has 102 heavy (non-hydrogen) atoms. The van der Waals surface area contributed by atoms with E-state index in [1.165, 1.54) is 244 Å². The van der Waals surface area contributed by atoms with Crippen molar-refractivity contribution >= 4 is 39.5 Å². The number of hydrogen-bond donors (Lipinski definition) is 3. The first-order valence-electron chi connectivity index (χ1n) is 42.6. The average molecular weight is 1490 g/mol. The van der Waals surface area contributed by atoms with Crippen LogP contribution < -0.4 is 0 Å². The summed E-state index contributed by atoms with van der Waals surface area (Å²) < 4.78 is 68.7. The molecule has 5 atom stereocenters. The molecule has 0 spiro atoms. The lowest BCUT2D eigenvalue weighted by Crippen LogP contribution is -2.30. The Kier molecular flexibility index (Phi) is 74.9. The van der Waals surface area contributed by atoms with Gasteiger partial charge in [-0.05, 0) is 51.4 Å². The van der Waals surface area contributed by atoms with Gasteiger partial charge in [0.1, 0.15) is 19.3 Å². The standard InChI is InChI=1S/C83H158O17P2/c1-5-9-13-17-21-25-28-31-34-36-38-40-43-45-48-52-56-60-64-68-81(86)94-74-79(100-83(88)70-66-62-58-54-50-47-44-41-39-37-35-32-29-26-22-18-14-10-6-2)76-98-102(91,92)96-72-77(84)71-95-101(89,90)97-75-78(73-93-80(85)67-63-59-55-51-24-20-16-12-8-4)99-82(87)69-65-61-57-53-49-46-42-33-30-27-23-19-15-11-7-3/h27,30,33,42,77-79,84H,5-26,28-29,31-32,34-41,43-76H2,1-4H3,(H,89,90)(H,91,92)/b30-27-,42-33-/t77-,78+,79+/m0/s1. The fourth-order valence-electron chi connectivity index (χ4n) is 12.5. The number of phosphoric acid groups is 2. The number of unbranched alkanes of at least 4 members (excludes halogenated alkanes) is 53. The van der Waals surface area contributed by atoms with E-state index in [0.29, 0.717) is 25.7 Å². The van der Waals surface area contributed by atoms with Crippen molar-refractivity contribution in [3.05, 3.63) is 24.3 Å². The molecular formula is C83H158O17P2. The molecule has 19 heteroatoms. The van der Waals surface area contributed by atoms with Crippen molar-refractivity contribution in [2.45, 2.75) is 444 Å². The van der Waals surface area contributed by atoms with Gasteiger partial charge in [-0.3, -0.25) is 37.3 Å². The highest BCUT2D eigenvalue weighted by atomic mass is 31.2. The van der Waals surface area contributed by atoms with Gasteiger partial charge in [-0.2, -0.15) is 0 Å². The molecule has 0 aromatic rings. The zero-order chi connectivity index (χ0) is 74.6. The van der Waals surface area contributed by atoms with Crippen molar-refractivity contribution in [2.75, 3.05) is 39.6 Å². The number of allylic oxidation sites excluding steroid dienone is 4. The van der Waals surface area contributed by atoms with E-state index in [1.807, 2.05) is 0 Å². The molecule has 0 saturated heterocycles. The summed E-state index contributed by atoms with van der Waals surface area (Å²) in [6, 6.07) is 0. The normalized spacial score (nSPS) is 13.9. The topological polar surface area (TPSA) is 237 Å². The number of carbonyl (C=O) groups excluding carboxylic acids is 4. The van der Waals surface area contributed by atoms with Gasteiger partial charge >= 0.3 is 39.5 Å². The van der Waals surface area contributed by atoms with Gasteiger partial charge in [0.15, 0.2) is 12.2 Å². The van der Waals surface area contributed by atoms with Crippen LogP contribution >= 0.6 is 15.6 Å². The molecular weight excluding hydrogens is 1330 g/mol. The number of aliphatic hydroxyl groups is 1. The summed E-state index contributed by atoms with van der Waals surface area (Å²) in [6.07, 6.45) is 73.0. The van der Waals surface area contributed by atoms with Gasteiger partial charge in [0.2, 0.25) is 0 Å². The fourth-order valence-corrected chi connectivity index (χ4v) is 14.0. The SMILES string of the molecule is CCCCCC/C=C\C=C/CCCCCCCC(=O)O[C@H](COC(=O)CCCCCCCCCCC)COP(=O)(O)OC[C@H](O)COP(=O)(O)OC[C@@H](COC(=O)CCCCCCCCCCCCCCCCCCCCC)OC(=O)CCCCCCCCCCCCCCCCCCCCC. The van der Waals surface area contributed by atoms with E-state index in [1.54, 1.807) is 0 Å². The molecule has 602 valence electrons. The smallest absolute Gasteiger partial charge is 0.462 e. The van der Waals surface area contributed by atoms with E-state index in [0.717, 1.165) is 103 Å². The summed E-state index contributed by atoms with van der Waals surface area (Å²) in [6.45, 7) is 4.95. The lowest BCUT2D eigenvalue weighted by Gasteiger charge is -2.21. The monoisotopic (exact) mass is 1490 g/mol. The fraction of sp³-hybridized carbons (Fsp3) is 0.904. The van der Waals surface area contributed by atoms with Crippen molar-refractivity contribution in [2.24, 2.45) is 0 Å². The molecule has 0 aliphatic heterocycles. The minimum absolute atomic E-state index is 0.0857. The molecule has 3 N–H and O–H groups in total. The molecule has 0 fully saturated rings. The highest BCUT2D eigenvalue weighted by Crippen LogP contribution is 2.45. The third-order valence-electron chi connectivity index (χ3n) is 19.0. The van der Waals surface area contributed by atoms with Gasteiger partial charge in [-0.15, -0.1) is 0 Å². The number of rotatable bonds is 82. The highest BCUT2D eigenvalue weighted by Gasteiger charge is 2.30. The molecule has 0 radical (unpaired) electrons. The van der Waals surface area contributed by atoms with Crippen molar-refractivity contribution in [3.8, 4) is 0 Å². The quantitative estimate of drug-likeness (QED) is 0.0169. The van der Waals surface area contributed by atoms with Crippen molar-refractivity contribution in [1.29, 1.82) is 0 Å². The third-order valence-corrected chi connectivity index (χ3v) is 20.9. The Balaban J connectivity index is 5.24. The highest BCUT2D eigenvalue weighted by molar-refractivity contribution is 7.47. The van der Waals surface area contributed by atoms with E-state index in [9.17, 15) is 43.2 Å². The van der Waals surface area contributed by atoms with E-state index in [4.69, 9.17) is 37.0 Å². The zero-order valence-electron chi connectivity index (χ0n) is 66.1. The lowest BCUT2D eigenvalue weighted by molar-refractivity contribution is -0.161. The first kappa shape index (κ1) is 99.5. The molecule has 17 nitrogen and oxygen atoms in total. The van der Waals surface area contributed by atoms with Gasteiger partial charge in [0, 0.05) is 25.7 Å². The summed E-state index contributed by atoms with van der Waals surface area (Å²) in [5.41, 5.74) is 0. The molecule has 0 aliphatic rings. The number of aliphatic hydroxyl groups excluding tert-OH is 1. The summed E-state index contributed by atoms with van der Waals surface area (Å²) >= 11 is 0. The molecule has 2 unspecified atom stereocenters. The number of carbonyl (C=O) groups is 4. The van der Waals surface area contributed by atoms with Gasteiger partial charge in [0.05, 0.1) is 26.4 Å². The molecule has 0 saturated carbocycles. The van der Waals surface area contributed by atoms with Crippen LogP contribution in [0.3, 0.4) is 0 Å². The maximum absolute atomic E-state index is 13.1. The average Bonchev–Trinajstić information content (AvgIpc) is 0.917. The van der Waals surface area contributed by atoms with Crippen LogP contribution in [0.2, 0.25) is 0 Å². The van der Waals surface area contributed by atoms with Crippen LogP contribution in [-0.2, 0) is 65.4 Å². The van der Waals surface area contributed by atoms with Crippen LogP contribution in [-0.4, -0.2) is 96.7 Å². The number of ether oxygens (including phenoxy) is 4. The Bertz CT molecular complexity index is 2020. The number of phosphoric ester groups is 2. The third kappa shape index (κ3) is 75.8. The summed E-state index contributed by atoms with van der Waals surface area (Å²) in [4.78, 5) is 73.0. The summed E-state index contributed by atoms with van der Waals surface area (Å²) in [5, 5.41) is 10.6. The molecule has 0 aromatic heterocycles. The largest absolute Gasteiger partial charge is 0.472 e. The molecule has 0 bridgehead atoms. The van der Waals surface area contributed by atoms with Crippen molar-refractivity contribution in [3.63, 3.8) is 0 Å². The van der Waals surface area contributed by atoms with Gasteiger partial charge in [0.25, 0.3) is 0 Å². The Morgan fingerprint density at radius 3 is 0.716 bits per heavy atom. The minimum Gasteiger partial charge on any atom is -0.462 e. The molecule has 0 aliphatic carbocycles. The Morgan fingerprint density at radius 2 is 0.471 bits per heavy atom. The van der Waals surface area contributed by atoms with Gasteiger partial charge in [-0.1, -0.05) is 373 Å². The van der Waals surface area contributed by atoms with E-state index >= 15 is 0 Å². The van der Waals surface area contributed by atoms with E-state index in [-0.39, 0.29) is 25.7 Å². The first-order valence-corrected chi connectivity index (χ1v) is 45.6. The maximum Gasteiger partial charge on any atom is 0.472 e. The first-order chi connectivity index (χ1) is 49.7. The Morgan fingerprint density at radius 1 is 0.275 bits per heavy atom. The second kappa shape index (κ2) is 76.7. The van der Waals surface area contributed by atoms with Crippen molar-refractivity contribution < 1.29 is 80.2 Å². The predicted octanol–water partition coefficient (Wildman–Crippen LogP) is 24.9. The second-order valence-corrected chi connectivity index (χ2v) is 32.1. The Hall–Kier alpha value is -2.46. The van der Waals surface area contributed by atoms with Gasteiger partial charge in [-0.25, -0.2) is 9.13 Å². The Labute approximate surface area is 624 Å². The predicted molar refractivity (Wildman–Crippen MR) is 418 cm³/mol. The van der Waals surface area contributed by atoms with Crippen LogP contribution in [0.5, 0.6) is 0 Å².